The van der Waals surface area contributed by atoms with Crippen molar-refractivity contribution in [2.75, 3.05) is 17.7 Å². The van der Waals surface area contributed by atoms with Crippen LogP contribution < -0.4 is 10.6 Å². The highest BCUT2D eigenvalue weighted by molar-refractivity contribution is 6.02. The second-order valence-corrected chi connectivity index (χ2v) is 3.72. The summed E-state index contributed by atoms with van der Waals surface area (Å²) in [5.74, 6) is -0.242. The summed E-state index contributed by atoms with van der Waals surface area (Å²) in [5.41, 5.74) is 1.91. The van der Waals surface area contributed by atoms with E-state index in [1.807, 2.05) is 6.92 Å². The van der Waals surface area contributed by atoms with Gasteiger partial charge in [0.2, 0.25) is 0 Å². The molecular formula is C12H15N5O. The van der Waals surface area contributed by atoms with E-state index >= 15 is 0 Å². The molecule has 2 rings (SSSR count). The van der Waals surface area contributed by atoms with E-state index in [1.165, 1.54) is 0 Å². The number of rotatable bonds is 4. The van der Waals surface area contributed by atoms with Crippen molar-refractivity contribution in [3.8, 4) is 0 Å². The molecule has 0 aliphatic rings. The fraction of sp³-hybridized carbons (Fsp3) is 0.250. The lowest BCUT2D eigenvalue weighted by Gasteiger charge is -2.03. The average molecular weight is 245 g/mol. The summed E-state index contributed by atoms with van der Waals surface area (Å²) in [6, 6.07) is 3.47. The van der Waals surface area contributed by atoms with E-state index in [2.05, 4.69) is 20.7 Å². The van der Waals surface area contributed by atoms with Crippen molar-refractivity contribution in [2.24, 2.45) is 0 Å². The number of anilines is 2. The van der Waals surface area contributed by atoms with Crippen LogP contribution in [0, 0.1) is 0 Å². The lowest BCUT2D eigenvalue weighted by Crippen LogP contribution is -2.13. The van der Waals surface area contributed by atoms with Gasteiger partial charge in [0, 0.05) is 19.8 Å². The molecule has 18 heavy (non-hydrogen) atoms. The Morgan fingerprint density at radius 1 is 1.33 bits per heavy atom. The number of carbonyl (C=O) groups is 1. The Balaban J connectivity index is 2.06. The summed E-state index contributed by atoms with van der Waals surface area (Å²) in [7, 11) is 1.80. The maximum Gasteiger partial charge on any atom is 0.274 e. The molecule has 0 saturated carbocycles. The van der Waals surface area contributed by atoms with Gasteiger partial charge in [0.05, 0.1) is 23.8 Å². The summed E-state index contributed by atoms with van der Waals surface area (Å²) in [6.07, 6.45) is 5.01. The Bertz CT molecular complexity index is 532. The molecule has 0 aliphatic carbocycles. The Morgan fingerprint density at radius 3 is 2.72 bits per heavy atom. The molecule has 94 valence electrons. The van der Waals surface area contributed by atoms with E-state index in [9.17, 15) is 4.79 Å². The predicted octanol–water partition coefficient (Wildman–Crippen LogP) is 1.59. The van der Waals surface area contributed by atoms with E-state index in [0.717, 1.165) is 12.2 Å². The molecule has 2 aromatic heterocycles. The molecular weight excluding hydrogens is 230 g/mol. The summed E-state index contributed by atoms with van der Waals surface area (Å²) in [4.78, 5) is 16.0. The third-order valence-electron chi connectivity index (χ3n) is 2.50. The van der Waals surface area contributed by atoms with Crippen molar-refractivity contribution in [3.63, 3.8) is 0 Å². The molecule has 0 radical (unpaired) electrons. The van der Waals surface area contributed by atoms with Gasteiger partial charge in [0.25, 0.3) is 5.91 Å². The number of nitrogens with zero attached hydrogens (tertiary/aromatic N) is 3. The van der Waals surface area contributed by atoms with Gasteiger partial charge in [-0.05, 0) is 19.1 Å². The molecule has 0 saturated heterocycles. The van der Waals surface area contributed by atoms with Gasteiger partial charge in [-0.1, -0.05) is 0 Å². The van der Waals surface area contributed by atoms with Gasteiger partial charge in [-0.2, -0.15) is 5.10 Å². The van der Waals surface area contributed by atoms with Crippen molar-refractivity contribution >= 4 is 17.3 Å². The number of aromatic nitrogens is 3. The highest BCUT2D eigenvalue weighted by Crippen LogP contribution is 2.09. The summed E-state index contributed by atoms with van der Waals surface area (Å²) in [6.45, 7) is 2.75. The van der Waals surface area contributed by atoms with Crippen LogP contribution in [-0.2, 0) is 6.54 Å². The summed E-state index contributed by atoms with van der Waals surface area (Å²) in [5, 5.41) is 9.77. The van der Waals surface area contributed by atoms with Crippen molar-refractivity contribution < 1.29 is 4.79 Å². The minimum absolute atomic E-state index is 0.242. The van der Waals surface area contributed by atoms with Gasteiger partial charge >= 0.3 is 0 Å². The topological polar surface area (TPSA) is 71.8 Å². The molecule has 0 bridgehead atoms. The van der Waals surface area contributed by atoms with Gasteiger partial charge < -0.3 is 10.6 Å². The first kappa shape index (κ1) is 12.1. The number of pyridine rings is 1. The zero-order valence-corrected chi connectivity index (χ0v) is 10.3. The molecule has 6 heteroatoms. The first-order valence-corrected chi connectivity index (χ1v) is 5.70. The standard InChI is InChI=1S/C12H15N5O/c1-3-17-8-10(7-15-17)16-12(18)11-5-4-9(13-2)6-14-11/h4-8,13H,3H2,1-2H3,(H,16,18). The van der Waals surface area contributed by atoms with Crippen molar-refractivity contribution in [3.05, 3.63) is 36.4 Å². The van der Waals surface area contributed by atoms with E-state index < -0.39 is 0 Å². The van der Waals surface area contributed by atoms with Crippen LogP contribution in [0.3, 0.4) is 0 Å². The minimum atomic E-state index is -0.242. The molecule has 0 fully saturated rings. The SMILES string of the molecule is CCn1cc(NC(=O)c2ccc(NC)cn2)cn1. The lowest BCUT2D eigenvalue weighted by molar-refractivity contribution is 0.102. The van der Waals surface area contributed by atoms with Gasteiger partial charge in [0.1, 0.15) is 5.69 Å². The Kier molecular flexibility index (Phi) is 3.57. The van der Waals surface area contributed by atoms with Crippen LogP contribution >= 0.6 is 0 Å². The Labute approximate surface area is 105 Å². The van der Waals surface area contributed by atoms with Crippen LogP contribution in [0.2, 0.25) is 0 Å². The molecule has 2 heterocycles. The van der Waals surface area contributed by atoms with Crippen LogP contribution in [0.4, 0.5) is 11.4 Å². The maximum absolute atomic E-state index is 11.9. The third kappa shape index (κ3) is 2.65. The van der Waals surface area contributed by atoms with Gasteiger partial charge in [0.15, 0.2) is 0 Å². The molecule has 6 nitrogen and oxygen atoms in total. The second kappa shape index (κ2) is 5.31. The van der Waals surface area contributed by atoms with Crippen LogP contribution in [0.25, 0.3) is 0 Å². The minimum Gasteiger partial charge on any atom is -0.387 e. The van der Waals surface area contributed by atoms with E-state index in [0.29, 0.717) is 11.4 Å². The number of hydrogen-bond donors (Lipinski definition) is 2. The predicted molar refractivity (Wildman–Crippen MR) is 69.6 cm³/mol. The van der Waals surface area contributed by atoms with Crippen molar-refractivity contribution in [1.29, 1.82) is 0 Å². The molecule has 0 unspecified atom stereocenters. The smallest absolute Gasteiger partial charge is 0.274 e. The van der Waals surface area contributed by atoms with Crippen molar-refractivity contribution in [2.45, 2.75) is 13.5 Å². The zero-order chi connectivity index (χ0) is 13.0. The summed E-state index contributed by atoms with van der Waals surface area (Å²) < 4.78 is 1.74. The second-order valence-electron chi connectivity index (χ2n) is 3.72. The Morgan fingerprint density at radius 2 is 2.17 bits per heavy atom. The normalized spacial score (nSPS) is 10.1. The number of carbonyl (C=O) groups excluding carboxylic acids is 1. The molecule has 2 aromatic rings. The first-order chi connectivity index (χ1) is 8.72. The number of aryl methyl sites for hydroxylation is 1. The number of nitrogens with one attached hydrogen (secondary N) is 2. The van der Waals surface area contributed by atoms with E-state index in [4.69, 9.17) is 0 Å². The van der Waals surface area contributed by atoms with Gasteiger partial charge in [-0.3, -0.25) is 9.48 Å². The molecule has 0 spiro atoms. The molecule has 1 amide bonds. The fourth-order valence-corrected chi connectivity index (χ4v) is 1.47. The molecule has 2 N–H and O–H groups in total. The molecule has 0 atom stereocenters. The van der Waals surface area contributed by atoms with Crippen LogP contribution in [0.5, 0.6) is 0 Å². The highest BCUT2D eigenvalue weighted by Gasteiger charge is 2.08. The highest BCUT2D eigenvalue weighted by atomic mass is 16.1. The Hall–Kier alpha value is -2.37. The van der Waals surface area contributed by atoms with Crippen LogP contribution in [0.1, 0.15) is 17.4 Å². The van der Waals surface area contributed by atoms with E-state index in [-0.39, 0.29) is 5.91 Å². The molecule has 0 aromatic carbocycles. The van der Waals surface area contributed by atoms with E-state index in [1.54, 1.807) is 42.5 Å². The fourth-order valence-electron chi connectivity index (χ4n) is 1.47. The zero-order valence-electron chi connectivity index (χ0n) is 10.3. The van der Waals surface area contributed by atoms with Crippen molar-refractivity contribution in [1.82, 2.24) is 14.8 Å². The van der Waals surface area contributed by atoms with Crippen LogP contribution in [0.15, 0.2) is 30.7 Å². The third-order valence-corrected chi connectivity index (χ3v) is 2.50. The maximum atomic E-state index is 11.9. The quantitative estimate of drug-likeness (QED) is 0.858. The van der Waals surface area contributed by atoms with Gasteiger partial charge in [-0.25, -0.2) is 4.98 Å². The van der Waals surface area contributed by atoms with Gasteiger partial charge in [-0.15, -0.1) is 0 Å². The molecule has 0 aliphatic heterocycles. The summed E-state index contributed by atoms with van der Waals surface area (Å²) >= 11 is 0. The monoisotopic (exact) mass is 245 g/mol. The largest absolute Gasteiger partial charge is 0.387 e. The number of hydrogen-bond acceptors (Lipinski definition) is 4. The number of amides is 1. The lowest BCUT2D eigenvalue weighted by atomic mass is 10.3. The first-order valence-electron chi connectivity index (χ1n) is 5.70. The average Bonchev–Trinajstić information content (AvgIpc) is 2.86. The van der Waals surface area contributed by atoms with Crippen LogP contribution in [-0.4, -0.2) is 27.7 Å².